The molecule has 1 heterocycles. The second-order valence-electron chi connectivity index (χ2n) is 4.92. The van der Waals surface area contributed by atoms with Crippen molar-refractivity contribution in [2.75, 3.05) is 13.2 Å². The molecular formula is C12H20O2. The summed E-state index contributed by atoms with van der Waals surface area (Å²) in [5.74, 6) is 2.18. The van der Waals surface area contributed by atoms with Gasteiger partial charge in [-0.25, -0.2) is 0 Å². The molecule has 2 aliphatic rings. The van der Waals surface area contributed by atoms with E-state index in [1.165, 1.54) is 25.7 Å². The first-order valence-corrected chi connectivity index (χ1v) is 5.88. The molecule has 1 saturated heterocycles. The Labute approximate surface area is 86.0 Å². The minimum atomic E-state index is 0.233. The van der Waals surface area contributed by atoms with Crippen LogP contribution in [0.25, 0.3) is 0 Å². The van der Waals surface area contributed by atoms with Gasteiger partial charge in [0.15, 0.2) is 0 Å². The van der Waals surface area contributed by atoms with Crippen LogP contribution in [0, 0.1) is 17.8 Å². The van der Waals surface area contributed by atoms with Gasteiger partial charge >= 0.3 is 0 Å². The molecule has 2 fully saturated rings. The Kier molecular flexibility index (Phi) is 3.22. The summed E-state index contributed by atoms with van der Waals surface area (Å²) in [7, 11) is 0. The molecule has 2 nitrogen and oxygen atoms in total. The second kappa shape index (κ2) is 4.43. The fourth-order valence-electron chi connectivity index (χ4n) is 2.75. The number of carbonyl (C=O) groups is 1. The number of ether oxygens (including phenoxy) is 1. The summed E-state index contributed by atoms with van der Waals surface area (Å²) in [6.07, 6.45) is 5.72. The number of Topliss-reactive ketones (excluding diaryl/α,β-unsaturated/α-hetero) is 1. The van der Waals surface area contributed by atoms with Crippen LogP contribution in [-0.2, 0) is 9.53 Å². The molecule has 14 heavy (non-hydrogen) atoms. The van der Waals surface area contributed by atoms with E-state index in [-0.39, 0.29) is 5.92 Å². The van der Waals surface area contributed by atoms with Gasteiger partial charge < -0.3 is 4.74 Å². The van der Waals surface area contributed by atoms with Crippen molar-refractivity contribution in [3.8, 4) is 0 Å². The van der Waals surface area contributed by atoms with E-state index in [0.717, 1.165) is 5.92 Å². The largest absolute Gasteiger partial charge is 0.380 e. The molecule has 0 spiro atoms. The van der Waals surface area contributed by atoms with Crippen LogP contribution < -0.4 is 0 Å². The highest BCUT2D eigenvalue weighted by Gasteiger charge is 2.32. The van der Waals surface area contributed by atoms with Gasteiger partial charge in [-0.05, 0) is 24.7 Å². The number of carbonyl (C=O) groups excluding carboxylic acids is 1. The van der Waals surface area contributed by atoms with Crippen LogP contribution in [0.2, 0.25) is 0 Å². The van der Waals surface area contributed by atoms with E-state index >= 15 is 0 Å². The molecule has 80 valence electrons. The molecule has 1 aliphatic carbocycles. The third-order valence-electron chi connectivity index (χ3n) is 3.83. The van der Waals surface area contributed by atoms with E-state index in [9.17, 15) is 4.79 Å². The Morgan fingerprint density at radius 2 is 1.93 bits per heavy atom. The van der Waals surface area contributed by atoms with E-state index < -0.39 is 0 Å². The van der Waals surface area contributed by atoms with Gasteiger partial charge in [0.2, 0.25) is 0 Å². The van der Waals surface area contributed by atoms with Crippen LogP contribution >= 0.6 is 0 Å². The van der Waals surface area contributed by atoms with Crippen LogP contribution in [-0.4, -0.2) is 19.0 Å². The molecule has 0 bridgehead atoms. The predicted octanol–water partition coefficient (Wildman–Crippen LogP) is 2.42. The van der Waals surface area contributed by atoms with Crippen molar-refractivity contribution in [3.05, 3.63) is 0 Å². The maximum atomic E-state index is 11.7. The summed E-state index contributed by atoms with van der Waals surface area (Å²) in [5, 5.41) is 0. The van der Waals surface area contributed by atoms with Gasteiger partial charge in [-0.2, -0.15) is 0 Å². The average molecular weight is 196 g/mol. The maximum absolute atomic E-state index is 11.7. The number of rotatable bonds is 1. The summed E-state index contributed by atoms with van der Waals surface area (Å²) < 4.78 is 5.41. The molecule has 0 radical (unpaired) electrons. The van der Waals surface area contributed by atoms with Crippen LogP contribution in [0.4, 0.5) is 0 Å². The Hall–Kier alpha value is -0.370. The van der Waals surface area contributed by atoms with Gasteiger partial charge in [-0.1, -0.05) is 19.8 Å². The summed E-state index contributed by atoms with van der Waals surface area (Å²) >= 11 is 0. The number of ketones is 1. The van der Waals surface area contributed by atoms with E-state index in [2.05, 4.69) is 6.92 Å². The molecule has 0 aromatic rings. The summed E-state index contributed by atoms with van der Waals surface area (Å²) in [5.41, 5.74) is 0. The van der Waals surface area contributed by atoms with Gasteiger partial charge in [-0.15, -0.1) is 0 Å². The van der Waals surface area contributed by atoms with Crippen LogP contribution in [0.1, 0.15) is 39.0 Å². The van der Waals surface area contributed by atoms with E-state index in [1.807, 2.05) is 0 Å². The lowest BCUT2D eigenvalue weighted by molar-refractivity contribution is -0.133. The standard InChI is InChI=1S/C12H20O2/c1-9-2-4-10(5-3-9)11-8-14-7-6-12(11)13/h9-11H,2-8H2,1H3. The summed E-state index contributed by atoms with van der Waals surface area (Å²) in [4.78, 5) is 11.7. The molecule has 0 N–H and O–H groups in total. The monoisotopic (exact) mass is 196 g/mol. The molecular weight excluding hydrogens is 176 g/mol. The lowest BCUT2D eigenvalue weighted by Gasteiger charge is -2.33. The summed E-state index contributed by atoms with van der Waals surface area (Å²) in [6.45, 7) is 3.66. The zero-order valence-corrected chi connectivity index (χ0v) is 9.00. The molecule has 0 aromatic carbocycles. The second-order valence-corrected chi connectivity index (χ2v) is 4.92. The molecule has 1 atom stereocenters. The van der Waals surface area contributed by atoms with E-state index in [0.29, 0.717) is 31.3 Å². The molecule has 2 rings (SSSR count). The Balaban J connectivity index is 1.90. The Bertz CT molecular complexity index is 204. The van der Waals surface area contributed by atoms with Gasteiger partial charge in [-0.3, -0.25) is 4.79 Å². The average Bonchev–Trinajstić information content (AvgIpc) is 2.20. The highest BCUT2D eigenvalue weighted by Crippen LogP contribution is 2.35. The normalized spacial score (nSPS) is 39.8. The zero-order valence-electron chi connectivity index (χ0n) is 9.00. The van der Waals surface area contributed by atoms with Crippen molar-refractivity contribution < 1.29 is 9.53 Å². The molecule has 2 heteroatoms. The van der Waals surface area contributed by atoms with Crippen LogP contribution in [0.3, 0.4) is 0 Å². The minimum Gasteiger partial charge on any atom is -0.380 e. The molecule has 1 saturated carbocycles. The molecule has 1 aliphatic heterocycles. The van der Waals surface area contributed by atoms with Crippen LogP contribution in [0.5, 0.6) is 0 Å². The van der Waals surface area contributed by atoms with Crippen molar-refractivity contribution in [2.45, 2.75) is 39.0 Å². The Morgan fingerprint density at radius 1 is 1.21 bits per heavy atom. The predicted molar refractivity (Wildman–Crippen MR) is 55.1 cm³/mol. The van der Waals surface area contributed by atoms with Gasteiger partial charge in [0.05, 0.1) is 13.2 Å². The first kappa shape index (κ1) is 10.2. The van der Waals surface area contributed by atoms with Crippen molar-refractivity contribution in [1.29, 1.82) is 0 Å². The molecule has 0 amide bonds. The quantitative estimate of drug-likeness (QED) is 0.643. The fourth-order valence-corrected chi connectivity index (χ4v) is 2.75. The first-order chi connectivity index (χ1) is 6.77. The minimum absolute atomic E-state index is 0.233. The van der Waals surface area contributed by atoms with Crippen molar-refractivity contribution >= 4 is 5.78 Å². The van der Waals surface area contributed by atoms with Gasteiger partial charge in [0, 0.05) is 12.3 Å². The maximum Gasteiger partial charge on any atom is 0.140 e. The lowest BCUT2D eigenvalue weighted by Crippen LogP contribution is -2.35. The third-order valence-corrected chi connectivity index (χ3v) is 3.83. The fraction of sp³-hybridized carbons (Fsp3) is 0.917. The highest BCUT2D eigenvalue weighted by molar-refractivity contribution is 5.82. The first-order valence-electron chi connectivity index (χ1n) is 5.88. The smallest absolute Gasteiger partial charge is 0.140 e. The Morgan fingerprint density at radius 3 is 2.57 bits per heavy atom. The third kappa shape index (κ3) is 2.17. The highest BCUT2D eigenvalue weighted by atomic mass is 16.5. The molecule has 0 aromatic heterocycles. The number of hydrogen-bond donors (Lipinski definition) is 0. The topological polar surface area (TPSA) is 26.3 Å². The van der Waals surface area contributed by atoms with Crippen molar-refractivity contribution in [2.24, 2.45) is 17.8 Å². The van der Waals surface area contributed by atoms with Crippen LogP contribution in [0.15, 0.2) is 0 Å². The zero-order chi connectivity index (χ0) is 9.97. The summed E-state index contributed by atoms with van der Waals surface area (Å²) in [6, 6.07) is 0. The van der Waals surface area contributed by atoms with E-state index in [1.54, 1.807) is 0 Å². The van der Waals surface area contributed by atoms with E-state index in [4.69, 9.17) is 4.74 Å². The molecule has 1 unspecified atom stereocenters. The lowest BCUT2D eigenvalue weighted by atomic mass is 9.74. The van der Waals surface area contributed by atoms with Crippen molar-refractivity contribution in [1.82, 2.24) is 0 Å². The van der Waals surface area contributed by atoms with Gasteiger partial charge in [0.25, 0.3) is 0 Å². The van der Waals surface area contributed by atoms with Gasteiger partial charge in [0.1, 0.15) is 5.78 Å². The number of hydrogen-bond acceptors (Lipinski definition) is 2. The van der Waals surface area contributed by atoms with Crippen molar-refractivity contribution in [3.63, 3.8) is 0 Å². The SMILES string of the molecule is CC1CCC(C2COCCC2=O)CC1.